The van der Waals surface area contributed by atoms with E-state index in [1.807, 2.05) is 18.0 Å². The number of aromatic nitrogens is 4. The smallest absolute Gasteiger partial charge is 0.407 e. The number of H-pyrrole nitrogens is 2. The number of imidazole rings is 2. The number of carbonyl (C=O) groups is 4. The lowest BCUT2D eigenvalue weighted by Crippen LogP contribution is -2.45. The molecule has 14 heteroatoms. The highest BCUT2D eigenvalue weighted by Crippen LogP contribution is 2.49. The first kappa shape index (κ1) is 34.8. The second-order valence-electron chi connectivity index (χ2n) is 13.6. The number of likely N-dealkylation sites (tertiary alicyclic amines) is 1. The summed E-state index contributed by atoms with van der Waals surface area (Å²) in [6, 6.07) is 13.0. The fraction of sp³-hybridized carbons (Fsp3) is 0.421. The summed E-state index contributed by atoms with van der Waals surface area (Å²) in [6.07, 6.45) is 7.92. The fourth-order valence-corrected chi connectivity index (χ4v) is 8.04. The first-order valence-corrected chi connectivity index (χ1v) is 17.8. The van der Waals surface area contributed by atoms with Crippen LogP contribution in [0.15, 0.2) is 48.8 Å². The van der Waals surface area contributed by atoms with E-state index in [2.05, 4.69) is 71.5 Å². The van der Waals surface area contributed by atoms with Crippen LogP contribution in [0.5, 0.6) is 0 Å². The molecule has 2 fully saturated rings. The molecular formula is C38H44N8O6. The fourth-order valence-electron chi connectivity index (χ4n) is 8.04. The molecule has 2 aliphatic carbocycles. The molecule has 7 rings (SSSR count). The van der Waals surface area contributed by atoms with Gasteiger partial charge >= 0.3 is 12.2 Å². The number of fused-ring (bicyclic) bond motifs is 5. The summed E-state index contributed by atoms with van der Waals surface area (Å²) < 4.78 is 9.22. The van der Waals surface area contributed by atoms with E-state index >= 15 is 0 Å². The van der Waals surface area contributed by atoms with E-state index < -0.39 is 12.2 Å². The van der Waals surface area contributed by atoms with Crippen molar-refractivity contribution >= 4 is 24.0 Å². The Bertz CT molecular complexity index is 1990. The largest absolute Gasteiger partial charge is 0.453 e. The number of methoxy groups -OCH3 is 2. The Hall–Kier alpha value is -5.66. The average molecular weight is 709 g/mol. The number of aromatic amines is 2. The summed E-state index contributed by atoms with van der Waals surface area (Å²) in [5.74, 6) is 1.46. The molecule has 1 aliphatic heterocycles. The summed E-state index contributed by atoms with van der Waals surface area (Å²) in [5, 5.41) is 4.98. The Morgan fingerprint density at radius 3 is 2.15 bits per heavy atom. The van der Waals surface area contributed by atoms with Gasteiger partial charge in [0.15, 0.2) is 0 Å². The van der Waals surface area contributed by atoms with Crippen molar-refractivity contribution in [2.45, 2.75) is 64.1 Å². The lowest BCUT2D eigenvalue weighted by molar-refractivity contribution is -0.135. The molecule has 4 amide bonds. The Morgan fingerprint density at radius 1 is 0.865 bits per heavy atom. The number of alkyl carbamates (subject to hydrolysis) is 2. The zero-order valence-electron chi connectivity index (χ0n) is 29.7. The van der Waals surface area contributed by atoms with Crippen molar-refractivity contribution in [2.75, 3.05) is 33.9 Å². The number of hydrogen-bond donors (Lipinski definition) is 4. The third-order valence-corrected chi connectivity index (χ3v) is 10.5. The van der Waals surface area contributed by atoms with Crippen molar-refractivity contribution in [3.8, 4) is 33.6 Å². The molecule has 3 heterocycles. The number of nitrogens with one attached hydrogen (secondary N) is 4. The topological polar surface area (TPSA) is 175 Å². The Labute approximate surface area is 301 Å². The molecule has 14 nitrogen and oxygen atoms in total. The number of amides is 4. The highest BCUT2D eigenvalue weighted by atomic mass is 16.5. The normalized spacial score (nSPS) is 18.4. The van der Waals surface area contributed by atoms with E-state index in [0.717, 1.165) is 66.9 Å². The van der Waals surface area contributed by atoms with E-state index in [-0.39, 0.29) is 37.0 Å². The van der Waals surface area contributed by atoms with E-state index in [1.165, 1.54) is 36.5 Å². The molecule has 4 N–H and O–H groups in total. The van der Waals surface area contributed by atoms with Gasteiger partial charge < -0.3 is 39.9 Å². The van der Waals surface area contributed by atoms with E-state index in [1.54, 1.807) is 11.1 Å². The van der Waals surface area contributed by atoms with Gasteiger partial charge in [-0.15, -0.1) is 0 Å². The van der Waals surface area contributed by atoms with Crippen molar-refractivity contribution in [3.05, 3.63) is 71.6 Å². The molecule has 1 saturated carbocycles. The number of piperidine rings is 1. The monoisotopic (exact) mass is 708 g/mol. The van der Waals surface area contributed by atoms with Crippen molar-refractivity contribution in [2.24, 2.45) is 5.92 Å². The predicted molar refractivity (Wildman–Crippen MR) is 192 cm³/mol. The van der Waals surface area contributed by atoms with E-state index in [4.69, 9.17) is 4.98 Å². The zero-order chi connectivity index (χ0) is 36.4. The number of aryl methyl sites for hydroxylation is 2. The second kappa shape index (κ2) is 14.9. The van der Waals surface area contributed by atoms with Gasteiger partial charge in [0.05, 0.1) is 50.6 Å². The van der Waals surface area contributed by atoms with Gasteiger partial charge in [0.25, 0.3) is 0 Å². The van der Waals surface area contributed by atoms with Crippen molar-refractivity contribution in [1.29, 1.82) is 0 Å². The molecule has 272 valence electrons. The van der Waals surface area contributed by atoms with Crippen LogP contribution < -0.4 is 10.6 Å². The maximum Gasteiger partial charge on any atom is 0.407 e. The quantitative estimate of drug-likeness (QED) is 0.173. The highest BCUT2D eigenvalue weighted by Gasteiger charge is 2.49. The average Bonchev–Trinajstić information content (AvgIpc) is 4.00. The van der Waals surface area contributed by atoms with Crippen LogP contribution in [0.2, 0.25) is 0 Å². The zero-order valence-corrected chi connectivity index (χ0v) is 29.7. The molecule has 52 heavy (non-hydrogen) atoms. The van der Waals surface area contributed by atoms with Crippen LogP contribution in [-0.4, -0.2) is 93.6 Å². The maximum atomic E-state index is 13.2. The van der Waals surface area contributed by atoms with Crippen LogP contribution in [0.3, 0.4) is 0 Å². The van der Waals surface area contributed by atoms with Gasteiger partial charge in [-0.3, -0.25) is 9.59 Å². The predicted octanol–water partition coefficient (Wildman–Crippen LogP) is 4.74. The molecule has 0 spiro atoms. The van der Waals surface area contributed by atoms with Gasteiger partial charge in [-0.1, -0.05) is 31.2 Å². The van der Waals surface area contributed by atoms with Crippen molar-refractivity contribution in [1.82, 2.24) is 40.4 Å². The molecule has 2 aromatic carbocycles. The highest BCUT2D eigenvalue weighted by molar-refractivity contribution is 5.84. The SMILES string of the molecule is CCCN(Cc1ncc(-c2ccc3c(c2)CCc2cc(-c4cnc([C@@H]5[C@H]6CC[C@H](C6)N5C(=O)CNC(=O)OC)[nH]4)ccc2-3)[nH]1)C(=O)CNC(=O)OC. The number of benzene rings is 2. The first-order valence-electron chi connectivity index (χ1n) is 17.8. The minimum Gasteiger partial charge on any atom is -0.453 e. The lowest BCUT2D eigenvalue weighted by Gasteiger charge is -2.34. The first-order chi connectivity index (χ1) is 25.3. The van der Waals surface area contributed by atoms with Crippen LogP contribution in [0.1, 0.15) is 61.4 Å². The van der Waals surface area contributed by atoms with Gasteiger partial charge in [-0.25, -0.2) is 19.6 Å². The van der Waals surface area contributed by atoms with E-state index in [9.17, 15) is 19.2 Å². The minimum atomic E-state index is -0.644. The number of carbonyl (C=O) groups excluding carboxylic acids is 4. The summed E-state index contributed by atoms with van der Waals surface area (Å²) in [5.41, 5.74) is 8.81. The summed E-state index contributed by atoms with van der Waals surface area (Å²) in [6.45, 7) is 2.60. The molecule has 2 bridgehead atoms. The Balaban J connectivity index is 1.04. The number of nitrogens with zero attached hydrogens (tertiary/aromatic N) is 4. The number of rotatable bonds is 11. The van der Waals surface area contributed by atoms with Gasteiger partial charge in [0.2, 0.25) is 11.8 Å². The van der Waals surface area contributed by atoms with Crippen LogP contribution >= 0.6 is 0 Å². The van der Waals surface area contributed by atoms with Crippen LogP contribution in [-0.2, 0) is 38.4 Å². The third-order valence-electron chi connectivity index (χ3n) is 10.5. The van der Waals surface area contributed by atoms with Gasteiger partial charge in [0, 0.05) is 12.6 Å². The van der Waals surface area contributed by atoms with Crippen LogP contribution in [0, 0.1) is 5.92 Å². The van der Waals surface area contributed by atoms with Crippen LogP contribution in [0.25, 0.3) is 33.6 Å². The van der Waals surface area contributed by atoms with Gasteiger partial charge in [-0.2, -0.15) is 0 Å². The molecule has 3 aliphatic rings. The van der Waals surface area contributed by atoms with E-state index in [0.29, 0.717) is 24.8 Å². The second-order valence-corrected chi connectivity index (χ2v) is 13.6. The number of ether oxygens (including phenoxy) is 2. The van der Waals surface area contributed by atoms with Gasteiger partial charge in [-0.05, 0) is 90.0 Å². The minimum absolute atomic E-state index is 0.102. The molecule has 2 aromatic heterocycles. The Morgan fingerprint density at radius 2 is 1.50 bits per heavy atom. The van der Waals surface area contributed by atoms with Gasteiger partial charge in [0.1, 0.15) is 24.7 Å². The standard InChI is InChI=1S/C38H44N8O6/c1-4-13-45(33(47)19-41-37(49)51-2)21-32-39-17-30(43-32)24-8-11-28-22(14-24)5-6-23-15-25(9-12-29(23)28)31-18-40-36(44-31)35-26-7-10-27(16-26)46(35)34(48)20-42-38(50)52-3/h8-9,11-12,14-15,17-18,26-27,35H,4-7,10,13,16,19-21H2,1-3H3,(H,39,43)(H,40,44)(H,41,49)(H,42,50)/t26-,27+,35-/m0/s1. The van der Waals surface area contributed by atoms with Crippen molar-refractivity contribution in [3.63, 3.8) is 0 Å². The summed E-state index contributed by atoms with van der Waals surface area (Å²) in [4.78, 5) is 68.8. The van der Waals surface area contributed by atoms with Crippen LogP contribution in [0.4, 0.5) is 9.59 Å². The lowest BCUT2D eigenvalue weighted by atomic mass is 9.83. The number of hydrogen-bond acceptors (Lipinski definition) is 8. The van der Waals surface area contributed by atoms with Crippen molar-refractivity contribution < 1.29 is 28.7 Å². The summed E-state index contributed by atoms with van der Waals surface area (Å²) in [7, 11) is 2.55. The Kier molecular flexibility index (Phi) is 9.97. The summed E-state index contributed by atoms with van der Waals surface area (Å²) >= 11 is 0. The molecule has 3 atom stereocenters. The molecular weight excluding hydrogens is 664 g/mol. The molecule has 0 radical (unpaired) electrons. The molecule has 0 unspecified atom stereocenters. The third kappa shape index (κ3) is 6.97. The molecule has 4 aromatic rings. The maximum absolute atomic E-state index is 13.2. The molecule has 1 saturated heterocycles.